The second kappa shape index (κ2) is 6.66. The number of carbonyl (C=O) groups is 2. The average molecular weight is 340 g/mol. The number of imide groups is 1. The van der Waals surface area contributed by atoms with E-state index in [0.717, 1.165) is 30.6 Å². The summed E-state index contributed by atoms with van der Waals surface area (Å²) >= 11 is 0. The van der Waals surface area contributed by atoms with Crippen molar-refractivity contribution in [3.8, 4) is 0 Å². The van der Waals surface area contributed by atoms with E-state index < -0.39 is 0 Å². The second-order valence-corrected chi connectivity index (χ2v) is 7.79. The molecular formula is C21H28N2O2. The molecule has 3 rings (SSSR count). The van der Waals surface area contributed by atoms with Crippen molar-refractivity contribution in [3.05, 3.63) is 40.6 Å². The summed E-state index contributed by atoms with van der Waals surface area (Å²) in [4.78, 5) is 29.8. The van der Waals surface area contributed by atoms with Crippen molar-refractivity contribution in [2.24, 2.45) is 5.92 Å². The van der Waals surface area contributed by atoms with E-state index in [-0.39, 0.29) is 17.9 Å². The zero-order valence-electron chi connectivity index (χ0n) is 15.9. The second-order valence-electron chi connectivity index (χ2n) is 7.79. The molecule has 0 spiro atoms. The van der Waals surface area contributed by atoms with E-state index in [0.29, 0.717) is 17.2 Å². The van der Waals surface area contributed by atoms with Gasteiger partial charge in [-0.15, -0.1) is 0 Å². The van der Waals surface area contributed by atoms with E-state index >= 15 is 0 Å². The molecule has 1 aromatic rings. The Hall–Kier alpha value is -2.10. The largest absolute Gasteiger partial charge is 0.366 e. The van der Waals surface area contributed by atoms with E-state index in [1.807, 2.05) is 39.0 Å². The fraction of sp³-hybridized carbons (Fsp3) is 0.524. The Morgan fingerprint density at radius 3 is 2.40 bits per heavy atom. The number of rotatable bonds is 3. The summed E-state index contributed by atoms with van der Waals surface area (Å²) in [6, 6.07) is 5.90. The Balaban J connectivity index is 2.13. The van der Waals surface area contributed by atoms with Crippen molar-refractivity contribution in [2.75, 3.05) is 13.1 Å². The molecule has 0 bridgehead atoms. The molecular weight excluding hydrogens is 312 g/mol. The third-order valence-corrected chi connectivity index (χ3v) is 5.38. The van der Waals surface area contributed by atoms with Gasteiger partial charge in [0.1, 0.15) is 5.70 Å². The Bertz CT molecular complexity index is 748. The van der Waals surface area contributed by atoms with E-state index in [1.165, 1.54) is 16.9 Å². The predicted molar refractivity (Wildman–Crippen MR) is 99.8 cm³/mol. The monoisotopic (exact) mass is 340 g/mol. The van der Waals surface area contributed by atoms with Gasteiger partial charge in [0.05, 0.1) is 5.57 Å². The van der Waals surface area contributed by atoms with E-state index in [2.05, 4.69) is 18.7 Å². The number of hydrogen-bond donors (Lipinski definition) is 0. The minimum atomic E-state index is -0.156. The summed E-state index contributed by atoms with van der Waals surface area (Å²) < 4.78 is 0. The molecule has 0 aliphatic carbocycles. The van der Waals surface area contributed by atoms with Crippen molar-refractivity contribution in [1.82, 2.24) is 9.80 Å². The van der Waals surface area contributed by atoms with Crippen molar-refractivity contribution in [3.63, 3.8) is 0 Å². The number of likely N-dealkylation sites (tertiary alicyclic amines) is 1. The first kappa shape index (κ1) is 17.7. The molecule has 1 atom stereocenters. The standard InChI is InChI=1S/C21H28N2O2/c1-13(2)23-20(24)18(17-9-8-15(4)16(5)11-17)19(21(23)25)22-10-6-7-14(3)12-22/h8-9,11,13-14H,6-7,10,12H2,1-5H3. The van der Waals surface area contributed by atoms with Crippen LogP contribution in [0, 0.1) is 19.8 Å². The SMILES string of the molecule is Cc1ccc(C2=C(N3CCCC(C)C3)C(=O)N(C(C)C)C2=O)cc1C. The molecule has 1 unspecified atom stereocenters. The first-order chi connectivity index (χ1) is 11.8. The van der Waals surface area contributed by atoms with Crippen LogP contribution < -0.4 is 0 Å². The summed E-state index contributed by atoms with van der Waals surface area (Å²) in [5.41, 5.74) is 4.37. The number of piperidine rings is 1. The van der Waals surface area contributed by atoms with Gasteiger partial charge >= 0.3 is 0 Å². The maximum Gasteiger partial charge on any atom is 0.278 e. The molecule has 0 radical (unpaired) electrons. The summed E-state index contributed by atoms with van der Waals surface area (Å²) in [7, 11) is 0. The predicted octanol–water partition coefficient (Wildman–Crippen LogP) is 3.52. The van der Waals surface area contributed by atoms with Gasteiger partial charge in [0.2, 0.25) is 0 Å². The summed E-state index contributed by atoms with van der Waals surface area (Å²) in [5.74, 6) is 0.247. The van der Waals surface area contributed by atoms with Crippen LogP contribution in [0.25, 0.3) is 5.57 Å². The smallest absolute Gasteiger partial charge is 0.278 e. The van der Waals surface area contributed by atoms with Crippen LogP contribution in [0.2, 0.25) is 0 Å². The Kier molecular flexibility index (Phi) is 4.72. The highest BCUT2D eigenvalue weighted by Gasteiger charge is 2.43. The topological polar surface area (TPSA) is 40.6 Å². The summed E-state index contributed by atoms with van der Waals surface area (Å²) in [6.45, 7) is 11.8. The van der Waals surface area contributed by atoms with Crippen molar-refractivity contribution in [1.29, 1.82) is 0 Å². The lowest BCUT2D eigenvalue weighted by Crippen LogP contribution is -2.41. The molecule has 0 aromatic heterocycles. The molecule has 4 nitrogen and oxygen atoms in total. The maximum atomic E-state index is 13.1. The molecule has 0 saturated carbocycles. The molecule has 2 aliphatic heterocycles. The molecule has 2 aliphatic rings. The number of nitrogens with zero attached hydrogens (tertiary/aromatic N) is 2. The van der Waals surface area contributed by atoms with Gasteiger partial charge < -0.3 is 4.90 Å². The molecule has 25 heavy (non-hydrogen) atoms. The fourth-order valence-electron chi connectivity index (χ4n) is 3.85. The third-order valence-electron chi connectivity index (χ3n) is 5.38. The molecule has 0 N–H and O–H groups in total. The lowest BCUT2D eigenvalue weighted by Gasteiger charge is -2.33. The van der Waals surface area contributed by atoms with E-state index in [4.69, 9.17) is 0 Å². The highest BCUT2D eigenvalue weighted by Crippen LogP contribution is 2.35. The number of benzene rings is 1. The quantitative estimate of drug-likeness (QED) is 0.791. The summed E-state index contributed by atoms with van der Waals surface area (Å²) in [5, 5.41) is 0. The first-order valence-electron chi connectivity index (χ1n) is 9.26. The van der Waals surface area contributed by atoms with Gasteiger partial charge in [0.15, 0.2) is 0 Å². The Morgan fingerprint density at radius 1 is 1.08 bits per heavy atom. The van der Waals surface area contributed by atoms with Gasteiger partial charge in [-0.05, 0) is 63.1 Å². The van der Waals surface area contributed by atoms with Gasteiger partial charge in [-0.2, -0.15) is 0 Å². The highest BCUT2D eigenvalue weighted by molar-refractivity contribution is 6.35. The van der Waals surface area contributed by atoms with Crippen LogP contribution in [-0.4, -0.2) is 40.7 Å². The molecule has 134 valence electrons. The van der Waals surface area contributed by atoms with Crippen LogP contribution in [0.5, 0.6) is 0 Å². The molecule has 1 fully saturated rings. The van der Waals surface area contributed by atoms with Crippen molar-refractivity contribution in [2.45, 2.75) is 53.5 Å². The zero-order valence-corrected chi connectivity index (χ0v) is 15.9. The van der Waals surface area contributed by atoms with Crippen LogP contribution in [0.15, 0.2) is 23.9 Å². The number of aryl methyl sites for hydroxylation is 2. The molecule has 1 saturated heterocycles. The zero-order chi connectivity index (χ0) is 18.3. The minimum Gasteiger partial charge on any atom is -0.366 e. The number of hydrogen-bond acceptors (Lipinski definition) is 3. The lowest BCUT2D eigenvalue weighted by molar-refractivity contribution is -0.139. The van der Waals surface area contributed by atoms with Crippen LogP contribution in [0.1, 0.15) is 50.3 Å². The lowest BCUT2D eigenvalue weighted by atomic mass is 9.96. The van der Waals surface area contributed by atoms with Crippen LogP contribution in [-0.2, 0) is 9.59 Å². The Morgan fingerprint density at radius 2 is 1.80 bits per heavy atom. The van der Waals surface area contributed by atoms with Crippen molar-refractivity contribution < 1.29 is 9.59 Å². The molecule has 4 heteroatoms. The Labute approximate surface area is 150 Å². The van der Waals surface area contributed by atoms with Gasteiger partial charge in [-0.25, -0.2) is 0 Å². The minimum absolute atomic E-state index is 0.137. The fourth-order valence-corrected chi connectivity index (χ4v) is 3.85. The third kappa shape index (κ3) is 3.10. The van der Waals surface area contributed by atoms with Gasteiger partial charge in [-0.1, -0.05) is 25.1 Å². The molecule has 2 heterocycles. The van der Waals surface area contributed by atoms with E-state index in [1.54, 1.807) is 0 Å². The van der Waals surface area contributed by atoms with Crippen LogP contribution in [0.4, 0.5) is 0 Å². The highest BCUT2D eigenvalue weighted by atomic mass is 16.2. The van der Waals surface area contributed by atoms with Gasteiger partial charge in [-0.3, -0.25) is 14.5 Å². The number of amides is 2. The van der Waals surface area contributed by atoms with Gasteiger partial charge in [0, 0.05) is 19.1 Å². The van der Waals surface area contributed by atoms with E-state index in [9.17, 15) is 9.59 Å². The van der Waals surface area contributed by atoms with Crippen molar-refractivity contribution >= 4 is 17.4 Å². The molecule has 1 aromatic carbocycles. The van der Waals surface area contributed by atoms with Crippen LogP contribution in [0.3, 0.4) is 0 Å². The number of carbonyl (C=O) groups excluding carboxylic acids is 2. The van der Waals surface area contributed by atoms with Crippen LogP contribution >= 0.6 is 0 Å². The van der Waals surface area contributed by atoms with Gasteiger partial charge in [0.25, 0.3) is 11.8 Å². The first-order valence-corrected chi connectivity index (χ1v) is 9.26. The summed E-state index contributed by atoms with van der Waals surface area (Å²) in [6.07, 6.45) is 2.24. The molecule has 2 amide bonds. The average Bonchev–Trinajstić information content (AvgIpc) is 2.81. The maximum absolute atomic E-state index is 13.1. The normalized spacial score (nSPS) is 21.8.